The molecule has 2 saturated carbocycles. The van der Waals surface area contributed by atoms with Crippen molar-refractivity contribution in [3.8, 4) is 0 Å². The molecule has 0 amide bonds. The second-order valence-corrected chi connectivity index (χ2v) is 8.01. The molecule has 2 bridgehead atoms. The first-order valence-electron chi connectivity index (χ1n) is 5.00. The lowest BCUT2D eigenvalue weighted by molar-refractivity contribution is 0.283. The first kappa shape index (κ1) is 15.2. The third-order valence-corrected chi connectivity index (χ3v) is 7.30. The number of rotatable bonds is 2. The van der Waals surface area contributed by atoms with E-state index in [1.54, 1.807) is 0 Å². The lowest BCUT2D eigenvalue weighted by atomic mass is 9.72. The summed E-state index contributed by atoms with van der Waals surface area (Å²) in [7, 11) is 0. The second kappa shape index (κ2) is 4.95. The molecule has 2 rings (SSSR count). The van der Waals surface area contributed by atoms with E-state index in [1.165, 1.54) is 5.54 Å². The molecule has 0 aliphatic heterocycles. The van der Waals surface area contributed by atoms with E-state index < -0.39 is 20.0 Å². The van der Waals surface area contributed by atoms with Crippen LogP contribution in [0.1, 0.15) is 6.42 Å². The lowest BCUT2D eigenvalue weighted by Gasteiger charge is -2.45. The summed E-state index contributed by atoms with van der Waals surface area (Å²) in [6.07, 6.45) is 0.711. The molecular formula is C10H9Cl7. The summed E-state index contributed by atoms with van der Waals surface area (Å²) in [5, 5.41) is -0.435. The Morgan fingerprint density at radius 1 is 1.35 bits per heavy atom. The van der Waals surface area contributed by atoms with Crippen LogP contribution in [0.5, 0.6) is 0 Å². The first-order valence-corrected chi connectivity index (χ1v) is 8.04. The minimum atomic E-state index is -1.04. The molecule has 2 fully saturated rings. The standard InChI is InChI=1S/C10H9Cl7/c11-2-6-4-1-5(7(13)10(4,16)17)9(6,3-12)8(14)15/h2,4-5,7-8H,1,3H2/t4-,5-,7+,9-/m1/s1. The van der Waals surface area contributed by atoms with E-state index in [0.29, 0.717) is 6.42 Å². The largest absolute Gasteiger partial charge is 0.141 e. The molecular weight excluding hydrogens is 368 g/mol. The SMILES string of the molecule is ClC=C1[C@H]2C[C@H]([C@H](Cl)C2(Cl)Cl)[C@@]1(CCl)C(Cl)Cl. The van der Waals surface area contributed by atoms with Crippen molar-refractivity contribution in [2.24, 2.45) is 17.3 Å². The van der Waals surface area contributed by atoms with Crippen molar-refractivity contribution in [2.45, 2.75) is 21.0 Å². The number of halogens is 7. The summed E-state index contributed by atoms with van der Waals surface area (Å²) >= 11 is 43.0. The van der Waals surface area contributed by atoms with Crippen molar-refractivity contribution in [3.05, 3.63) is 11.1 Å². The van der Waals surface area contributed by atoms with Gasteiger partial charge in [0, 0.05) is 22.7 Å². The van der Waals surface area contributed by atoms with Crippen LogP contribution >= 0.6 is 81.2 Å². The van der Waals surface area contributed by atoms with E-state index in [9.17, 15) is 0 Å². The fourth-order valence-electron chi connectivity index (χ4n) is 3.04. The highest BCUT2D eigenvalue weighted by Gasteiger charge is 2.69. The number of allylic oxidation sites excluding steroid dienone is 1. The Kier molecular flexibility index (Phi) is 4.42. The van der Waals surface area contributed by atoms with Crippen LogP contribution in [0, 0.1) is 17.3 Å². The third-order valence-electron chi connectivity index (χ3n) is 3.98. The molecule has 0 nitrogen and oxygen atoms in total. The predicted octanol–water partition coefficient (Wildman–Crippen LogP) is 5.57. The van der Waals surface area contributed by atoms with E-state index in [-0.39, 0.29) is 17.7 Å². The molecule has 0 unspecified atom stereocenters. The van der Waals surface area contributed by atoms with Gasteiger partial charge in [0.2, 0.25) is 0 Å². The Hall–Kier alpha value is 1.77. The Morgan fingerprint density at radius 3 is 2.35 bits per heavy atom. The second-order valence-electron chi connectivity index (χ2n) is 4.51. The van der Waals surface area contributed by atoms with E-state index in [4.69, 9.17) is 81.2 Å². The van der Waals surface area contributed by atoms with Crippen LogP contribution in [-0.4, -0.2) is 20.4 Å². The molecule has 0 saturated heterocycles. The highest BCUT2D eigenvalue weighted by atomic mass is 35.5. The molecule has 0 spiro atoms. The van der Waals surface area contributed by atoms with Crippen molar-refractivity contribution >= 4 is 81.2 Å². The van der Waals surface area contributed by atoms with Gasteiger partial charge >= 0.3 is 0 Å². The predicted molar refractivity (Wildman–Crippen MR) is 78.3 cm³/mol. The lowest BCUT2D eigenvalue weighted by Crippen LogP contribution is -2.49. The first-order chi connectivity index (χ1) is 7.83. The maximum absolute atomic E-state index is 6.32. The number of fused-ring (bicyclic) bond motifs is 2. The average molecular weight is 377 g/mol. The molecule has 0 N–H and O–H groups in total. The molecule has 4 atom stereocenters. The van der Waals surface area contributed by atoms with E-state index in [1.807, 2.05) is 0 Å². The molecule has 17 heavy (non-hydrogen) atoms. The van der Waals surface area contributed by atoms with Gasteiger partial charge in [0.05, 0.1) is 5.38 Å². The minimum absolute atomic E-state index is 0.0633. The van der Waals surface area contributed by atoms with Gasteiger partial charge in [-0.05, 0) is 17.9 Å². The van der Waals surface area contributed by atoms with Crippen molar-refractivity contribution in [2.75, 3.05) is 5.88 Å². The van der Waals surface area contributed by atoms with E-state index >= 15 is 0 Å². The van der Waals surface area contributed by atoms with Gasteiger partial charge in [-0.2, -0.15) is 0 Å². The van der Waals surface area contributed by atoms with Crippen LogP contribution in [-0.2, 0) is 0 Å². The van der Waals surface area contributed by atoms with E-state index in [0.717, 1.165) is 5.57 Å². The fourth-order valence-corrected chi connectivity index (χ4v) is 5.98. The van der Waals surface area contributed by atoms with Crippen LogP contribution in [0.15, 0.2) is 11.1 Å². The Morgan fingerprint density at radius 2 is 1.94 bits per heavy atom. The van der Waals surface area contributed by atoms with Gasteiger partial charge < -0.3 is 0 Å². The third kappa shape index (κ3) is 1.86. The fraction of sp³-hybridized carbons (Fsp3) is 0.800. The van der Waals surface area contributed by atoms with Crippen molar-refractivity contribution in [1.82, 2.24) is 0 Å². The monoisotopic (exact) mass is 374 g/mol. The van der Waals surface area contributed by atoms with Crippen molar-refractivity contribution < 1.29 is 0 Å². The number of hydrogen-bond donors (Lipinski definition) is 0. The van der Waals surface area contributed by atoms with Crippen LogP contribution in [0.25, 0.3) is 0 Å². The molecule has 7 heteroatoms. The Balaban J connectivity index is 2.53. The summed E-state index contributed by atoms with van der Waals surface area (Å²) in [6, 6.07) is 0. The maximum Gasteiger partial charge on any atom is 0.141 e. The number of hydrogen-bond acceptors (Lipinski definition) is 0. The van der Waals surface area contributed by atoms with Gasteiger partial charge in [0.25, 0.3) is 0 Å². The molecule has 0 radical (unpaired) electrons. The molecule has 2 aliphatic carbocycles. The molecule has 0 aromatic rings. The summed E-state index contributed by atoms with van der Waals surface area (Å²) in [5.74, 6) is 0.0403. The van der Waals surface area contributed by atoms with Gasteiger partial charge in [0.1, 0.15) is 9.17 Å². The van der Waals surface area contributed by atoms with Gasteiger partial charge in [-0.25, -0.2) is 0 Å². The Labute approximate surface area is 135 Å². The quantitative estimate of drug-likeness (QED) is 0.552. The average Bonchev–Trinajstić information content (AvgIpc) is 2.72. The molecule has 0 aromatic heterocycles. The van der Waals surface area contributed by atoms with E-state index in [2.05, 4.69) is 0 Å². The van der Waals surface area contributed by atoms with Crippen molar-refractivity contribution in [3.63, 3.8) is 0 Å². The summed E-state index contributed by atoms with van der Waals surface area (Å²) in [6.45, 7) is 0. The van der Waals surface area contributed by atoms with Crippen LogP contribution < -0.4 is 0 Å². The minimum Gasteiger partial charge on any atom is -0.126 e. The molecule has 98 valence electrons. The summed E-state index contributed by atoms with van der Waals surface area (Å²) in [4.78, 5) is -0.689. The van der Waals surface area contributed by atoms with Crippen LogP contribution in [0.4, 0.5) is 0 Å². The van der Waals surface area contributed by atoms with Gasteiger partial charge in [-0.3, -0.25) is 0 Å². The zero-order valence-electron chi connectivity index (χ0n) is 8.45. The highest BCUT2D eigenvalue weighted by Crippen LogP contribution is 2.70. The smallest absolute Gasteiger partial charge is 0.126 e. The zero-order valence-corrected chi connectivity index (χ0v) is 13.7. The Bertz CT molecular complexity index is 351. The maximum atomic E-state index is 6.32. The summed E-state index contributed by atoms with van der Waals surface area (Å²) in [5.41, 5.74) is 1.64. The van der Waals surface area contributed by atoms with Gasteiger partial charge in [-0.1, -0.05) is 34.8 Å². The van der Waals surface area contributed by atoms with Gasteiger partial charge in [0.15, 0.2) is 0 Å². The molecule has 0 aromatic carbocycles. The number of alkyl halides is 6. The normalized spacial score (nSPS) is 46.1. The summed E-state index contributed by atoms with van der Waals surface area (Å²) < 4.78 is -1.04. The van der Waals surface area contributed by atoms with Gasteiger partial charge in [-0.15, -0.1) is 46.4 Å². The topological polar surface area (TPSA) is 0 Å². The van der Waals surface area contributed by atoms with Crippen LogP contribution in [0.2, 0.25) is 0 Å². The molecule has 2 aliphatic rings. The zero-order chi connectivity index (χ0) is 13.0. The molecule has 0 heterocycles. The van der Waals surface area contributed by atoms with Crippen molar-refractivity contribution in [1.29, 1.82) is 0 Å². The van der Waals surface area contributed by atoms with Crippen LogP contribution in [0.3, 0.4) is 0 Å². The highest BCUT2D eigenvalue weighted by molar-refractivity contribution is 6.53.